The molecule has 0 atom stereocenters. The molecule has 0 amide bonds. The fraction of sp³-hybridized carbons (Fsp3) is 0.571. The summed E-state index contributed by atoms with van der Waals surface area (Å²) in [5, 5.41) is 0. The van der Waals surface area contributed by atoms with Crippen LogP contribution in [0, 0.1) is 6.92 Å². The summed E-state index contributed by atoms with van der Waals surface area (Å²) in [6.45, 7) is 0.979. The molecule has 0 saturated carbocycles. The second kappa shape index (κ2) is 6.52. The molecule has 0 fully saturated rings. The van der Waals surface area contributed by atoms with Crippen LogP contribution in [0.1, 0.15) is 46.7 Å². The zero-order valence-corrected chi connectivity index (χ0v) is 12.9. The van der Waals surface area contributed by atoms with Crippen LogP contribution in [0.2, 0.25) is 0 Å². The van der Waals surface area contributed by atoms with E-state index in [2.05, 4.69) is 0 Å². The molecule has 0 aromatic heterocycles. The van der Waals surface area contributed by atoms with Crippen molar-refractivity contribution >= 4 is 0 Å². The van der Waals surface area contributed by atoms with Gasteiger partial charge in [0.2, 0.25) is 0 Å². The summed E-state index contributed by atoms with van der Waals surface area (Å²) in [6, 6.07) is 0. The van der Waals surface area contributed by atoms with Crippen molar-refractivity contribution in [3.63, 3.8) is 0 Å². The van der Waals surface area contributed by atoms with E-state index < -0.39 is 70.9 Å². The molecule has 0 spiro atoms. The highest BCUT2D eigenvalue weighted by Gasteiger charge is 2.54. The van der Waals surface area contributed by atoms with Gasteiger partial charge in [0.1, 0.15) is 0 Å². The van der Waals surface area contributed by atoms with Gasteiger partial charge in [-0.05, 0) is 24.5 Å². The van der Waals surface area contributed by atoms with Gasteiger partial charge in [0.05, 0.1) is 22.3 Å². The Labute approximate surface area is 138 Å². The molecule has 1 aromatic carbocycles. The minimum absolute atomic E-state index is 0.0497. The number of hydrogen-bond acceptors (Lipinski definition) is 0. The quantitative estimate of drug-likeness (QED) is 0.463. The summed E-state index contributed by atoms with van der Waals surface area (Å²) in [5.41, 5.74) is -15.2. The van der Waals surface area contributed by atoms with Gasteiger partial charge < -0.3 is 0 Å². The summed E-state index contributed by atoms with van der Waals surface area (Å²) < 4.78 is 158. The van der Waals surface area contributed by atoms with Crippen molar-refractivity contribution in [1.29, 1.82) is 0 Å². The van der Waals surface area contributed by atoms with Crippen molar-refractivity contribution in [2.24, 2.45) is 0 Å². The molecular formula is C14H10F12. The van der Waals surface area contributed by atoms with Gasteiger partial charge in [0.25, 0.3) is 0 Å². The predicted molar refractivity (Wildman–Crippen MR) is 65.2 cm³/mol. The Bertz CT molecular complexity index is 617. The minimum Gasteiger partial charge on any atom is -0.166 e. The van der Waals surface area contributed by atoms with E-state index in [4.69, 9.17) is 0 Å². The fourth-order valence-electron chi connectivity index (χ4n) is 2.76. The van der Waals surface area contributed by atoms with Crippen LogP contribution in [0.4, 0.5) is 52.7 Å². The normalized spacial score (nSPS) is 14.1. The highest BCUT2D eigenvalue weighted by Crippen LogP contribution is 2.52. The molecule has 0 bridgehead atoms. The first-order chi connectivity index (χ1) is 11.3. The lowest BCUT2D eigenvalue weighted by Gasteiger charge is -2.28. The van der Waals surface area contributed by atoms with Crippen LogP contribution in [0.25, 0.3) is 0 Å². The Morgan fingerprint density at radius 3 is 1.00 bits per heavy atom. The molecule has 0 unspecified atom stereocenters. The zero-order chi connectivity index (χ0) is 20.9. The maximum Gasteiger partial charge on any atom is 0.417 e. The SMILES string of the molecule is CCCc1c(C(F)(F)F)c(C(F)(F)F)c(C)c(C(F)(F)F)c1C(F)(F)F. The van der Waals surface area contributed by atoms with E-state index in [1.165, 1.54) is 0 Å². The van der Waals surface area contributed by atoms with Crippen LogP contribution in [0.5, 0.6) is 0 Å². The minimum atomic E-state index is -5.94. The van der Waals surface area contributed by atoms with Crippen molar-refractivity contribution in [2.75, 3.05) is 0 Å². The second-order valence-electron chi connectivity index (χ2n) is 5.34. The van der Waals surface area contributed by atoms with Gasteiger partial charge in [-0.3, -0.25) is 0 Å². The average Bonchev–Trinajstić information content (AvgIpc) is 2.34. The van der Waals surface area contributed by atoms with Gasteiger partial charge in [0, 0.05) is 0 Å². The van der Waals surface area contributed by atoms with Crippen LogP contribution in [-0.4, -0.2) is 0 Å². The van der Waals surface area contributed by atoms with Crippen molar-refractivity contribution in [3.05, 3.63) is 33.4 Å². The predicted octanol–water partition coefficient (Wildman–Crippen LogP) is 7.02. The third-order valence-corrected chi connectivity index (χ3v) is 3.49. The van der Waals surface area contributed by atoms with Crippen LogP contribution in [0.3, 0.4) is 0 Å². The number of rotatable bonds is 2. The lowest BCUT2D eigenvalue weighted by molar-refractivity contribution is -0.172. The third-order valence-electron chi connectivity index (χ3n) is 3.49. The molecule has 150 valence electrons. The van der Waals surface area contributed by atoms with Gasteiger partial charge in [-0.15, -0.1) is 0 Å². The molecule has 0 saturated heterocycles. The Hall–Kier alpha value is -1.62. The number of hydrogen-bond donors (Lipinski definition) is 0. The molecule has 0 nitrogen and oxygen atoms in total. The second-order valence-corrected chi connectivity index (χ2v) is 5.34. The topological polar surface area (TPSA) is 0 Å². The summed E-state index contributed by atoms with van der Waals surface area (Å²) in [6.07, 6.45) is -25.6. The molecule has 0 aliphatic heterocycles. The fourth-order valence-corrected chi connectivity index (χ4v) is 2.76. The van der Waals surface area contributed by atoms with Crippen LogP contribution in [0.15, 0.2) is 0 Å². The maximum atomic E-state index is 13.2. The van der Waals surface area contributed by atoms with E-state index in [9.17, 15) is 52.7 Å². The van der Waals surface area contributed by atoms with Crippen molar-refractivity contribution in [3.8, 4) is 0 Å². The van der Waals surface area contributed by atoms with Gasteiger partial charge in [0.15, 0.2) is 0 Å². The van der Waals surface area contributed by atoms with Crippen molar-refractivity contribution in [1.82, 2.24) is 0 Å². The maximum absolute atomic E-state index is 13.2. The van der Waals surface area contributed by atoms with E-state index in [1.807, 2.05) is 0 Å². The molecule has 0 radical (unpaired) electrons. The number of halogens is 12. The van der Waals surface area contributed by atoms with E-state index >= 15 is 0 Å². The smallest absolute Gasteiger partial charge is 0.166 e. The van der Waals surface area contributed by atoms with E-state index in [1.54, 1.807) is 0 Å². The van der Waals surface area contributed by atoms with Gasteiger partial charge >= 0.3 is 24.7 Å². The summed E-state index contributed by atoms with van der Waals surface area (Å²) >= 11 is 0. The highest BCUT2D eigenvalue weighted by atomic mass is 19.4. The zero-order valence-electron chi connectivity index (χ0n) is 12.9. The first kappa shape index (κ1) is 22.4. The molecule has 26 heavy (non-hydrogen) atoms. The summed E-state index contributed by atoms with van der Waals surface area (Å²) in [7, 11) is 0. The number of benzene rings is 1. The van der Waals surface area contributed by atoms with Gasteiger partial charge in [-0.25, -0.2) is 0 Å². The Kier molecular flexibility index (Phi) is 5.62. The van der Waals surface area contributed by atoms with Crippen LogP contribution >= 0.6 is 0 Å². The summed E-state index contributed by atoms with van der Waals surface area (Å²) in [5.74, 6) is 0. The molecule has 0 aliphatic rings. The van der Waals surface area contributed by atoms with Gasteiger partial charge in [-0.1, -0.05) is 13.3 Å². The molecule has 12 heteroatoms. The molecule has 1 rings (SSSR count). The third kappa shape index (κ3) is 4.20. The molecule has 0 aliphatic carbocycles. The lowest BCUT2D eigenvalue weighted by Crippen LogP contribution is -2.29. The Morgan fingerprint density at radius 1 is 0.538 bits per heavy atom. The molecular weight excluding hydrogens is 396 g/mol. The van der Waals surface area contributed by atoms with Crippen LogP contribution < -0.4 is 0 Å². The first-order valence-corrected chi connectivity index (χ1v) is 6.83. The number of alkyl halides is 12. The standard InChI is InChI=1S/C14H10F12/c1-3-4-6-9(13(21,22)23)7(11(15,16)17)5(2)8(12(18,19)20)10(6)14(24,25)26/h3-4H2,1-2H3. The van der Waals surface area contributed by atoms with E-state index in [0.29, 0.717) is 0 Å². The largest absolute Gasteiger partial charge is 0.417 e. The monoisotopic (exact) mass is 406 g/mol. The molecule has 0 heterocycles. The first-order valence-electron chi connectivity index (χ1n) is 6.83. The lowest BCUT2D eigenvalue weighted by atomic mass is 9.84. The van der Waals surface area contributed by atoms with E-state index in [0.717, 1.165) is 6.92 Å². The Balaban J connectivity index is 4.39. The van der Waals surface area contributed by atoms with E-state index in [-0.39, 0.29) is 6.92 Å². The summed E-state index contributed by atoms with van der Waals surface area (Å²) in [4.78, 5) is 0. The Morgan fingerprint density at radius 2 is 0.808 bits per heavy atom. The average molecular weight is 406 g/mol. The van der Waals surface area contributed by atoms with Crippen molar-refractivity contribution < 1.29 is 52.7 Å². The molecule has 1 aromatic rings. The molecule has 0 N–H and O–H groups in total. The van der Waals surface area contributed by atoms with Crippen molar-refractivity contribution in [2.45, 2.75) is 51.4 Å². The van der Waals surface area contributed by atoms with Crippen LogP contribution in [-0.2, 0) is 31.1 Å². The van der Waals surface area contributed by atoms with Gasteiger partial charge in [-0.2, -0.15) is 52.7 Å². The highest BCUT2D eigenvalue weighted by molar-refractivity contribution is 5.56.